The van der Waals surface area contributed by atoms with Gasteiger partial charge in [-0.1, -0.05) is 46.4 Å². The molecule has 1 aromatic heterocycles. The summed E-state index contributed by atoms with van der Waals surface area (Å²) in [5.74, 6) is -0.360. The molecule has 6 heteroatoms. The highest BCUT2D eigenvalue weighted by Crippen LogP contribution is 2.47. The molecule has 0 amide bonds. The van der Waals surface area contributed by atoms with Crippen molar-refractivity contribution in [3.63, 3.8) is 0 Å². The van der Waals surface area contributed by atoms with Crippen molar-refractivity contribution in [1.29, 1.82) is 0 Å². The summed E-state index contributed by atoms with van der Waals surface area (Å²) in [4.78, 5) is 8.94. The van der Waals surface area contributed by atoms with Crippen LogP contribution >= 0.6 is 0 Å². The first-order valence-corrected chi connectivity index (χ1v) is 11.8. The second kappa shape index (κ2) is 9.26. The molecule has 4 rings (SSSR count). The first-order chi connectivity index (χ1) is 15.7. The van der Waals surface area contributed by atoms with Gasteiger partial charge in [0, 0.05) is 48.9 Å². The van der Waals surface area contributed by atoms with Crippen molar-refractivity contribution in [3.05, 3.63) is 77.9 Å². The Hall–Kier alpha value is -2.73. The predicted molar refractivity (Wildman–Crippen MR) is 131 cm³/mol. The van der Waals surface area contributed by atoms with Gasteiger partial charge in [-0.25, -0.2) is 8.78 Å². The Morgan fingerprint density at radius 1 is 1.18 bits per heavy atom. The van der Waals surface area contributed by atoms with E-state index in [1.54, 1.807) is 6.07 Å². The second-order valence-electron chi connectivity index (χ2n) is 9.89. The highest BCUT2D eigenvalue weighted by atomic mass is 19.1. The Bertz CT molecular complexity index is 1050. The third-order valence-corrected chi connectivity index (χ3v) is 6.71. The minimum absolute atomic E-state index is 0.254. The van der Waals surface area contributed by atoms with Crippen LogP contribution in [0.4, 0.5) is 20.2 Å². The van der Waals surface area contributed by atoms with E-state index < -0.39 is 11.6 Å². The molecule has 33 heavy (non-hydrogen) atoms. The zero-order valence-electron chi connectivity index (χ0n) is 20.0. The normalized spacial score (nSPS) is 19.3. The zero-order chi connectivity index (χ0) is 23.8. The Labute approximate surface area is 196 Å². The van der Waals surface area contributed by atoms with Crippen LogP contribution in [0.3, 0.4) is 0 Å². The number of benzene rings is 1. The summed E-state index contributed by atoms with van der Waals surface area (Å²) in [6.07, 6.45) is 7.80. The molecule has 1 saturated heterocycles. The van der Waals surface area contributed by atoms with E-state index in [1.165, 1.54) is 11.8 Å². The van der Waals surface area contributed by atoms with Crippen molar-refractivity contribution in [2.75, 3.05) is 23.3 Å². The van der Waals surface area contributed by atoms with Crippen LogP contribution in [0, 0.1) is 23.5 Å². The van der Waals surface area contributed by atoms with Gasteiger partial charge in [-0.15, -0.1) is 0 Å². The molecule has 0 radical (unpaired) electrons. The standard InChI is InChI=1S/C27H34F2N4/c1-18(2)14-26-27(31-24-16-30-11-8-25(24)33(26)20(5)19(3)4)9-12-32(13-10-27)17-21-6-7-22(28)15-23(21)29/h6-8,11,14-16,18-19,31H,5,9-10,12-13,17H2,1-4H3/b26-14-. The molecular weight excluding hydrogens is 418 g/mol. The van der Waals surface area contributed by atoms with Crippen LogP contribution < -0.4 is 10.2 Å². The summed E-state index contributed by atoms with van der Waals surface area (Å²) in [7, 11) is 0. The van der Waals surface area contributed by atoms with E-state index in [0.29, 0.717) is 23.9 Å². The van der Waals surface area contributed by atoms with Crippen molar-refractivity contribution < 1.29 is 8.78 Å². The molecule has 0 saturated carbocycles. The van der Waals surface area contributed by atoms with Crippen LogP contribution in [0.25, 0.3) is 0 Å². The molecular formula is C27H34F2N4. The van der Waals surface area contributed by atoms with Crippen LogP contribution in [-0.2, 0) is 6.54 Å². The Kier molecular flexibility index (Phi) is 6.57. The smallest absolute Gasteiger partial charge is 0.130 e. The van der Waals surface area contributed by atoms with Crippen molar-refractivity contribution in [1.82, 2.24) is 9.88 Å². The largest absolute Gasteiger partial charge is 0.371 e. The van der Waals surface area contributed by atoms with E-state index in [2.05, 4.69) is 60.5 Å². The molecule has 1 N–H and O–H groups in total. The fraction of sp³-hybridized carbons (Fsp3) is 0.444. The SMILES string of the molecule is C=C(C(C)C)N1/C(=C\C(C)C)C2(CCN(Cc3ccc(F)cc3F)CC2)Nc2cnccc21. The van der Waals surface area contributed by atoms with Gasteiger partial charge in [-0.05, 0) is 36.8 Å². The quantitative estimate of drug-likeness (QED) is 0.574. The molecule has 0 bridgehead atoms. The van der Waals surface area contributed by atoms with Crippen LogP contribution in [0.1, 0.15) is 46.1 Å². The fourth-order valence-corrected chi connectivity index (χ4v) is 4.83. The molecule has 0 unspecified atom stereocenters. The van der Waals surface area contributed by atoms with Crippen LogP contribution in [0.2, 0.25) is 0 Å². The molecule has 3 heterocycles. The molecule has 0 aliphatic carbocycles. The highest BCUT2D eigenvalue weighted by molar-refractivity contribution is 5.80. The Morgan fingerprint density at radius 3 is 2.55 bits per heavy atom. The molecule has 2 aromatic rings. The average molecular weight is 453 g/mol. The van der Waals surface area contributed by atoms with Gasteiger partial charge in [-0.3, -0.25) is 9.88 Å². The third kappa shape index (κ3) is 4.67. The average Bonchev–Trinajstić information content (AvgIpc) is 2.77. The van der Waals surface area contributed by atoms with E-state index in [9.17, 15) is 8.78 Å². The van der Waals surface area contributed by atoms with Gasteiger partial charge in [0.05, 0.1) is 23.1 Å². The summed E-state index contributed by atoms with van der Waals surface area (Å²) in [5, 5.41) is 3.83. The Morgan fingerprint density at radius 2 is 1.91 bits per heavy atom. The number of likely N-dealkylation sites (tertiary alicyclic amines) is 1. The van der Waals surface area contributed by atoms with Crippen LogP contribution in [0.5, 0.6) is 0 Å². The van der Waals surface area contributed by atoms with Crippen LogP contribution in [-0.4, -0.2) is 28.5 Å². The molecule has 2 aliphatic rings. The highest BCUT2D eigenvalue weighted by Gasteiger charge is 2.45. The maximum atomic E-state index is 14.2. The number of piperidine rings is 1. The summed E-state index contributed by atoms with van der Waals surface area (Å²) in [5.41, 5.74) is 4.67. The Balaban J connectivity index is 1.65. The third-order valence-electron chi connectivity index (χ3n) is 6.71. The number of hydrogen-bond acceptors (Lipinski definition) is 4. The molecule has 0 atom stereocenters. The first-order valence-electron chi connectivity index (χ1n) is 11.8. The van der Waals surface area contributed by atoms with Gasteiger partial charge in [0.1, 0.15) is 11.6 Å². The van der Waals surface area contributed by atoms with Gasteiger partial charge in [-0.2, -0.15) is 0 Å². The predicted octanol–water partition coefficient (Wildman–Crippen LogP) is 6.34. The van der Waals surface area contributed by atoms with E-state index in [1.807, 2.05) is 18.5 Å². The summed E-state index contributed by atoms with van der Waals surface area (Å²) >= 11 is 0. The zero-order valence-corrected chi connectivity index (χ0v) is 20.0. The number of aromatic nitrogens is 1. The number of hydrogen-bond donors (Lipinski definition) is 1. The lowest BCUT2D eigenvalue weighted by Crippen LogP contribution is -2.56. The number of allylic oxidation sites excluding steroid dienone is 2. The molecule has 2 aliphatic heterocycles. The van der Waals surface area contributed by atoms with Gasteiger partial charge >= 0.3 is 0 Å². The van der Waals surface area contributed by atoms with E-state index in [-0.39, 0.29) is 5.54 Å². The maximum Gasteiger partial charge on any atom is 0.130 e. The number of pyridine rings is 1. The van der Waals surface area contributed by atoms with E-state index >= 15 is 0 Å². The molecule has 1 spiro atoms. The summed E-state index contributed by atoms with van der Waals surface area (Å²) < 4.78 is 27.5. The van der Waals surface area contributed by atoms with E-state index in [4.69, 9.17) is 0 Å². The number of anilines is 2. The van der Waals surface area contributed by atoms with Crippen molar-refractivity contribution in [2.24, 2.45) is 11.8 Å². The lowest BCUT2D eigenvalue weighted by Gasteiger charge is -2.52. The molecule has 1 aromatic carbocycles. The number of halogens is 2. The number of nitrogens with zero attached hydrogens (tertiary/aromatic N) is 3. The molecule has 4 nitrogen and oxygen atoms in total. The van der Waals surface area contributed by atoms with Gasteiger partial charge < -0.3 is 10.2 Å². The monoisotopic (exact) mass is 452 g/mol. The minimum atomic E-state index is -0.540. The first kappa shape index (κ1) is 23.4. The van der Waals surface area contributed by atoms with Gasteiger partial charge in [0.2, 0.25) is 0 Å². The second-order valence-corrected chi connectivity index (χ2v) is 9.89. The summed E-state index contributed by atoms with van der Waals surface area (Å²) in [6, 6.07) is 5.89. The minimum Gasteiger partial charge on any atom is -0.371 e. The van der Waals surface area contributed by atoms with Crippen molar-refractivity contribution >= 4 is 11.4 Å². The van der Waals surface area contributed by atoms with Crippen LogP contribution in [0.15, 0.2) is 60.7 Å². The van der Waals surface area contributed by atoms with Crippen molar-refractivity contribution in [2.45, 2.75) is 52.6 Å². The summed E-state index contributed by atoms with van der Waals surface area (Å²) in [6.45, 7) is 15.3. The lowest BCUT2D eigenvalue weighted by atomic mass is 9.79. The topological polar surface area (TPSA) is 31.4 Å². The number of nitrogens with one attached hydrogen (secondary N) is 1. The van der Waals surface area contributed by atoms with E-state index in [0.717, 1.165) is 49.1 Å². The number of fused-ring (bicyclic) bond motifs is 1. The van der Waals surface area contributed by atoms with Gasteiger partial charge in [0.15, 0.2) is 0 Å². The fourth-order valence-electron chi connectivity index (χ4n) is 4.83. The maximum absolute atomic E-state index is 14.2. The lowest BCUT2D eigenvalue weighted by molar-refractivity contribution is 0.177. The molecule has 1 fully saturated rings. The molecule has 176 valence electrons. The van der Waals surface area contributed by atoms with Gasteiger partial charge in [0.25, 0.3) is 0 Å². The number of rotatable bonds is 5. The van der Waals surface area contributed by atoms with Crippen molar-refractivity contribution in [3.8, 4) is 0 Å².